The second-order valence-corrected chi connectivity index (χ2v) is 8.87. The number of aryl methyl sites for hydroxylation is 1. The molecule has 0 bridgehead atoms. The molecule has 0 radical (unpaired) electrons. The van der Waals surface area contributed by atoms with Crippen molar-refractivity contribution in [3.63, 3.8) is 0 Å². The Labute approximate surface area is 183 Å². The molecule has 0 aromatic heterocycles. The van der Waals surface area contributed by atoms with Crippen molar-refractivity contribution in [1.29, 1.82) is 0 Å². The Hall–Kier alpha value is -1.80. The molecule has 8 heteroatoms. The minimum atomic E-state index is -4.94. The number of hydrogen-bond acceptors (Lipinski definition) is 4. The summed E-state index contributed by atoms with van der Waals surface area (Å²) in [6.45, 7) is 7.62. The highest BCUT2D eigenvalue weighted by Crippen LogP contribution is 2.45. The van der Waals surface area contributed by atoms with Gasteiger partial charge in [0.1, 0.15) is 5.75 Å². The maximum Gasteiger partial charge on any atom is 0.423 e. The molecule has 3 unspecified atom stereocenters. The van der Waals surface area contributed by atoms with Crippen molar-refractivity contribution in [2.45, 2.75) is 64.8 Å². The third-order valence-corrected chi connectivity index (χ3v) is 5.99. The minimum absolute atomic E-state index is 0.0780. The topological polar surface area (TPSA) is 54.3 Å². The normalized spacial score (nSPS) is 24.3. The van der Waals surface area contributed by atoms with Gasteiger partial charge in [-0.1, -0.05) is 13.8 Å². The Bertz CT molecular complexity index is 759. The Balaban J connectivity index is 2.38. The summed E-state index contributed by atoms with van der Waals surface area (Å²) in [6.07, 6.45) is -1.24. The fourth-order valence-electron chi connectivity index (χ4n) is 4.11. The fourth-order valence-corrected chi connectivity index (χ4v) is 4.11. The van der Waals surface area contributed by atoms with E-state index < -0.39 is 18.4 Å². The van der Waals surface area contributed by atoms with Gasteiger partial charge in [-0.05, 0) is 56.6 Å². The van der Waals surface area contributed by atoms with Gasteiger partial charge in [0.25, 0.3) is 0 Å². The lowest BCUT2D eigenvalue weighted by Crippen LogP contribution is -2.47. The van der Waals surface area contributed by atoms with Crippen LogP contribution in [0.5, 0.6) is 5.75 Å². The zero-order chi connectivity index (χ0) is 23.4. The van der Waals surface area contributed by atoms with Gasteiger partial charge in [0.2, 0.25) is 5.60 Å². The molecule has 0 aliphatic heterocycles. The molecule has 1 aromatic rings. The van der Waals surface area contributed by atoms with Crippen molar-refractivity contribution >= 4 is 12.0 Å². The largest absolute Gasteiger partial charge is 0.496 e. The van der Waals surface area contributed by atoms with Crippen LogP contribution in [0, 0.1) is 18.8 Å². The highest BCUT2D eigenvalue weighted by Gasteiger charge is 2.57. The number of aliphatic hydroxyl groups is 1. The first kappa shape index (κ1) is 25.5. The van der Waals surface area contributed by atoms with Gasteiger partial charge in [-0.2, -0.15) is 13.2 Å². The number of methoxy groups -OCH3 is 1. The SMILES string of the molecule is CCN(C)C=Nc1cc(OC)c(C(O)(COC2CC(C)CC(C)C2)C(F)(F)F)cc1C. The summed E-state index contributed by atoms with van der Waals surface area (Å²) in [4.78, 5) is 6.17. The van der Waals surface area contributed by atoms with Crippen LogP contribution in [-0.2, 0) is 10.3 Å². The third-order valence-electron chi connectivity index (χ3n) is 5.99. The van der Waals surface area contributed by atoms with Crippen molar-refractivity contribution in [2.75, 3.05) is 27.3 Å². The van der Waals surface area contributed by atoms with E-state index >= 15 is 0 Å². The van der Waals surface area contributed by atoms with Crippen LogP contribution in [-0.4, -0.2) is 55.9 Å². The first-order valence-corrected chi connectivity index (χ1v) is 10.8. The van der Waals surface area contributed by atoms with E-state index in [1.807, 2.05) is 18.9 Å². The summed E-state index contributed by atoms with van der Waals surface area (Å²) in [7, 11) is 3.12. The summed E-state index contributed by atoms with van der Waals surface area (Å²) in [6, 6.07) is 2.71. The fraction of sp³-hybridized carbons (Fsp3) is 0.696. The van der Waals surface area contributed by atoms with Crippen molar-refractivity contribution in [3.05, 3.63) is 23.3 Å². The van der Waals surface area contributed by atoms with E-state index in [2.05, 4.69) is 18.8 Å². The summed E-state index contributed by atoms with van der Waals surface area (Å²) in [5.74, 6) is 0.677. The predicted molar refractivity (Wildman–Crippen MR) is 116 cm³/mol. The van der Waals surface area contributed by atoms with Crippen LogP contribution in [0.4, 0.5) is 18.9 Å². The Morgan fingerprint density at radius 1 is 1.19 bits per heavy atom. The molecule has 1 saturated carbocycles. The molecule has 3 atom stereocenters. The van der Waals surface area contributed by atoms with Crippen LogP contribution in [0.2, 0.25) is 0 Å². The van der Waals surface area contributed by atoms with Crippen LogP contribution in [0.25, 0.3) is 0 Å². The molecule has 1 N–H and O–H groups in total. The average Bonchev–Trinajstić information content (AvgIpc) is 2.69. The number of alkyl halides is 3. The van der Waals surface area contributed by atoms with Gasteiger partial charge in [0, 0.05) is 25.2 Å². The van der Waals surface area contributed by atoms with E-state index in [1.54, 1.807) is 13.3 Å². The van der Waals surface area contributed by atoms with Crippen LogP contribution >= 0.6 is 0 Å². The third kappa shape index (κ3) is 6.13. The molecule has 31 heavy (non-hydrogen) atoms. The smallest absolute Gasteiger partial charge is 0.423 e. The van der Waals surface area contributed by atoms with Crippen LogP contribution in [0.3, 0.4) is 0 Å². The van der Waals surface area contributed by atoms with Gasteiger partial charge >= 0.3 is 6.18 Å². The molecule has 176 valence electrons. The van der Waals surface area contributed by atoms with Gasteiger partial charge < -0.3 is 19.5 Å². The number of rotatable bonds is 8. The number of aliphatic imine (C=N–C) groups is 1. The highest BCUT2D eigenvalue weighted by atomic mass is 19.4. The maximum atomic E-state index is 14.1. The van der Waals surface area contributed by atoms with Gasteiger partial charge in [0.05, 0.1) is 31.8 Å². The lowest BCUT2D eigenvalue weighted by Gasteiger charge is -2.36. The number of hydrogen-bond donors (Lipinski definition) is 1. The van der Waals surface area contributed by atoms with E-state index in [9.17, 15) is 18.3 Å². The quantitative estimate of drug-likeness (QED) is 0.442. The lowest BCUT2D eigenvalue weighted by atomic mass is 9.81. The van der Waals surface area contributed by atoms with Gasteiger partial charge in [0.15, 0.2) is 0 Å². The minimum Gasteiger partial charge on any atom is -0.496 e. The lowest BCUT2D eigenvalue weighted by molar-refractivity contribution is -0.287. The number of ether oxygens (including phenoxy) is 2. The van der Waals surface area contributed by atoms with E-state index in [1.165, 1.54) is 19.2 Å². The molecule has 0 spiro atoms. The Morgan fingerprint density at radius 3 is 2.32 bits per heavy atom. The predicted octanol–water partition coefficient (Wildman–Crippen LogP) is 5.21. The van der Waals surface area contributed by atoms with Gasteiger partial charge in [-0.3, -0.25) is 0 Å². The summed E-state index contributed by atoms with van der Waals surface area (Å²) in [5.41, 5.74) is -2.57. The first-order valence-electron chi connectivity index (χ1n) is 10.8. The molecular weight excluding hydrogens is 409 g/mol. The van der Waals surface area contributed by atoms with Crippen molar-refractivity contribution in [2.24, 2.45) is 16.8 Å². The molecular formula is C23H35F3N2O3. The summed E-state index contributed by atoms with van der Waals surface area (Å²) in [5, 5.41) is 10.9. The summed E-state index contributed by atoms with van der Waals surface area (Å²) < 4.78 is 53.3. The molecule has 1 aromatic carbocycles. The molecule has 1 fully saturated rings. The zero-order valence-electron chi connectivity index (χ0n) is 19.3. The van der Waals surface area contributed by atoms with E-state index in [0.717, 1.165) is 13.0 Å². The molecule has 2 rings (SSSR count). The summed E-state index contributed by atoms with van der Waals surface area (Å²) >= 11 is 0. The maximum absolute atomic E-state index is 14.1. The van der Waals surface area contributed by atoms with Gasteiger partial charge in [-0.25, -0.2) is 4.99 Å². The molecule has 1 aliphatic rings. The molecule has 0 heterocycles. The van der Waals surface area contributed by atoms with Crippen molar-refractivity contribution in [1.82, 2.24) is 4.90 Å². The first-order chi connectivity index (χ1) is 14.4. The highest BCUT2D eigenvalue weighted by molar-refractivity contribution is 5.65. The van der Waals surface area contributed by atoms with E-state index in [-0.39, 0.29) is 17.4 Å². The van der Waals surface area contributed by atoms with Crippen LogP contribution < -0.4 is 4.74 Å². The Kier molecular flexibility index (Phi) is 8.39. The molecule has 5 nitrogen and oxygen atoms in total. The number of nitrogens with zero attached hydrogens (tertiary/aromatic N) is 2. The second kappa shape index (κ2) is 10.2. The standard InChI is InChI=1S/C23H35F3N2O3/c1-7-28(5)14-27-20-12-21(30-6)19(11-17(20)4)22(29,23(24,25)26)13-31-18-9-15(2)8-16(3)10-18/h11-12,14-16,18,29H,7-10,13H2,1-6H3. The Morgan fingerprint density at radius 2 is 1.81 bits per heavy atom. The molecule has 0 amide bonds. The van der Waals surface area contributed by atoms with Crippen molar-refractivity contribution in [3.8, 4) is 5.75 Å². The van der Waals surface area contributed by atoms with Crippen LogP contribution in [0.15, 0.2) is 17.1 Å². The van der Waals surface area contributed by atoms with Gasteiger partial charge in [-0.15, -0.1) is 0 Å². The number of halogens is 3. The zero-order valence-corrected chi connectivity index (χ0v) is 19.3. The average molecular weight is 445 g/mol. The van der Waals surface area contributed by atoms with Crippen LogP contribution in [0.1, 0.15) is 51.2 Å². The second-order valence-electron chi connectivity index (χ2n) is 8.87. The van der Waals surface area contributed by atoms with E-state index in [0.29, 0.717) is 35.9 Å². The molecule has 1 aliphatic carbocycles. The number of benzene rings is 1. The van der Waals surface area contributed by atoms with Crippen molar-refractivity contribution < 1.29 is 27.8 Å². The van der Waals surface area contributed by atoms with E-state index in [4.69, 9.17) is 9.47 Å². The monoisotopic (exact) mass is 444 g/mol. The molecule has 0 saturated heterocycles.